The monoisotopic (exact) mass is 430 g/mol. The summed E-state index contributed by atoms with van der Waals surface area (Å²) in [7, 11) is 0. The first-order valence-electron chi connectivity index (χ1n) is 8.97. The molecule has 150 valence electrons. The molecule has 0 aliphatic carbocycles. The van der Waals surface area contributed by atoms with Crippen molar-refractivity contribution in [2.24, 2.45) is 0 Å². The first-order chi connectivity index (χ1) is 14.1. The molecule has 0 saturated carbocycles. The minimum Gasteiger partial charge on any atom is -0.454 e. The zero-order chi connectivity index (χ0) is 20.2. The highest BCUT2D eigenvalue weighted by Gasteiger charge is 2.33. The average Bonchev–Trinajstić information content (AvgIpc) is 3.43. The second-order valence-electron chi connectivity index (χ2n) is 6.38. The van der Waals surface area contributed by atoms with E-state index in [1.54, 1.807) is 24.7 Å². The number of amides is 2. The first-order valence-corrected chi connectivity index (χ1v) is 10.2. The molecule has 2 aromatic rings. The molecule has 0 radical (unpaired) electrons. The lowest BCUT2D eigenvalue weighted by molar-refractivity contribution is -0.128. The molecule has 8 nitrogen and oxygen atoms in total. The Morgan fingerprint density at radius 1 is 1.34 bits per heavy atom. The third-order valence-corrected chi connectivity index (χ3v) is 5.72. The molecule has 2 aliphatic heterocycles. The molecule has 2 aliphatic rings. The maximum absolute atomic E-state index is 12.7. The van der Waals surface area contributed by atoms with Crippen molar-refractivity contribution in [3.8, 4) is 11.5 Å². The van der Waals surface area contributed by atoms with Gasteiger partial charge in [-0.15, -0.1) is 0 Å². The normalized spacial score (nSPS) is 16.7. The number of ether oxygens (including phenoxy) is 2. The lowest BCUT2D eigenvalue weighted by Crippen LogP contribution is -2.39. The van der Waals surface area contributed by atoms with Crippen molar-refractivity contribution in [3.63, 3.8) is 0 Å². The van der Waals surface area contributed by atoms with Gasteiger partial charge in [-0.25, -0.2) is 4.98 Å². The average molecular weight is 431 g/mol. The van der Waals surface area contributed by atoms with E-state index in [0.717, 1.165) is 18.5 Å². The van der Waals surface area contributed by atoms with Crippen LogP contribution in [0.1, 0.15) is 12.0 Å². The molecule has 0 bridgehead atoms. The van der Waals surface area contributed by atoms with Crippen LogP contribution in [0.4, 0.5) is 0 Å². The zero-order valence-corrected chi connectivity index (χ0v) is 17.0. The molecule has 3 heterocycles. The topological polar surface area (TPSA) is 85.7 Å². The largest absolute Gasteiger partial charge is 0.454 e. The van der Waals surface area contributed by atoms with Crippen LogP contribution in [0.3, 0.4) is 0 Å². The molecular formula is C19H18N4O4S2. The Hall–Kier alpha value is -2.85. The van der Waals surface area contributed by atoms with E-state index in [4.69, 9.17) is 21.7 Å². The van der Waals surface area contributed by atoms with Crippen molar-refractivity contribution in [2.75, 3.05) is 19.9 Å². The van der Waals surface area contributed by atoms with Gasteiger partial charge < -0.3 is 19.4 Å². The van der Waals surface area contributed by atoms with Gasteiger partial charge in [0.25, 0.3) is 5.91 Å². The minimum absolute atomic E-state index is 0.0891. The predicted octanol–water partition coefficient (Wildman–Crippen LogP) is 2.02. The summed E-state index contributed by atoms with van der Waals surface area (Å²) in [6.45, 7) is 1.38. The maximum Gasteiger partial charge on any atom is 0.266 e. The van der Waals surface area contributed by atoms with Crippen molar-refractivity contribution in [1.82, 2.24) is 19.8 Å². The molecular weight excluding hydrogens is 412 g/mol. The summed E-state index contributed by atoms with van der Waals surface area (Å²) in [4.78, 5) is 30.6. The Kier molecular flexibility index (Phi) is 5.81. The molecule has 2 amide bonds. The van der Waals surface area contributed by atoms with Gasteiger partial charge in [0.1, 0.15) is 10.9 Å². The number of carbonyl (C=O) groups excluding carboxylic acids is 2. The second-order valence-corrected chi connectivity index (χ2v) is 8.06. The summed E-state index contributed by atoms with van der Waals surface area (Å²) in [5, 5.41) is 2.82. The van der Waals surface area contributed by atoms with Crippen LogP contribution < -0.4 is 14.8 Å². The van der Waals surface area contributed by atoms with Crippen LogP contribution in [0.2, 0.25) is 0 Å². The molecule has 29 heavy (non-hydrogen) atoms. The fourth-order valence-electron chi connectivity index (χ4n) is 2.90. The highest BCUT2D eigenvalue weighted by molar-refractivity contribution is 8.26. The SMILES string of the molecule is O=C(CN1C(=O)C(=Cc2ccc3c(c2)OCO3)SC1=S)NCCCn1ccnc1. The van der Waals surface area contributed by atoms with E-state index in [-0.39, 0.29) is 25.2 Å². The van der Waals surface area contributed by atoms with E-state index in [1.807, 2.05) is 22.9 Å². The standard InChI is InChI=1S/C19H18N4O4S2/c24-17(21-4-1-6-22-7-5-20-11-22)10-23-18(25)16(29-19(23)28)9-13-2-3-14-15(8-13)27-12-26-14/h2-3,5,7-9,11H,1,4,6,10,12H2,(H,21,24). The van der Waals surface area contributed by atoms with Crippen molar-refractivity contribution in [2.45, 2.75) is 13.0 Å². The van der Waals surface area contributed by atoms with E-state index >= 15 is 0 Å². The lowest BCUT2D eigenvalue weighted by atomic mass is 10.2. The molecule has 0 unspecified atom stereocenters. The number of thioether (sulfide) groups is 1. The quantitative estimate of drug-likeness (QED) is 0.409. The molecule has 1 aromatic carbocycles. The minimum atomic E-state index is -0.272. The van der Waals surface area contributed by atoms with Crippen molar-refractivity contribution in [3.05, 3.63) is 47.4 Å². The van der Waals surface area contributed by atoms with Gasteiger partial charge >= 0.3 is 0 Å². The number of hydrogen-bond acceptors (Lipinski definition) is 7. The van der Waals surface area contributed by atoms with Gasteiger partial charge in [0.2, 0.25) is 12.7 Å². The van der Waals surface area contributed by atoms with E-state index < -0.39 is 0 Å². The Balaban J connectivity index is 1.31. The summed E-state index contributed by atoms with van der Waals surface area (Å²) >= 11 is 6.48. The summed E-state index contributed by atoms with van der Waals surface area (Å²) < 4.78 is 13.0. The fraction of sp³-hybridized carbons (Fsp3) is 0.263. The first kappa shape index (κ1) is 19.5. The number of benzene rings is 1. The summed E-state index contributed by atoms with van der Waals surface area (Å²) in [5.74, 6) is 0.811. The van der Waals surface area contributed by atoms with Gasteiger partial charge in [0, 0.05) is 25.5 Å². The van der Waals surface area contributed by atoms with Gasteiger partial charge in [0.05, 0.1) is 11.2 Å². The number of aryl methyl sites for hydroxylation is 1. The molecule has 4 rings (SSSR count). The van der Waals surface area contributed by atoms with Gasteiger partial charge in [-0.3, -0.25) is 14.5 Å². The van der Waals surface area contributed by atoms with Crippen molar-refractivity contribution < 1.29 is 19.1 Å². The number of rotatable bonds is 7. The van der Waals surface area contributed by atoms with Crippen LogP contribution in [-0.4, -0.2) is 50.5 Å². The third kappa shape index (κ3) is 4.60. The fourth-order valence-corrected chi connectivity index (χ4v) is 4.15. The molecule has 1 saturated heterocycles. The van der Waals surface area contributed by atoms with Gasteiger partial charge in [0.15, 0.2) is 11.5 Å². The molecule has 1 fully saturated rings. The number of aromatic nitrogens is 2. The summed E-state index contributed by atoms with van der Waals surface area (Å²) in [5.41, 5.74) is 0.804. The van der Waals surface area contributed by atoms with Crippen LogP contribution in [0.15, 0.2) is 41.8 Å². The van der Waals surface area contributed by atoms with E-state index in [1.165, 1.54) is 16.7 Å². The Morgan fingerprint density at radius 2 is 2.21 bits per heavy atom. The van der Waals surface area contributed by atoms with E-state index in [2.05, 4.69) is 10.3 Å². The molecule has 0 spiro atoms. The van der Waals surface area contributed by atoms with Gasteiger partial charge in [-0.05, 0) is 30.2 Å². The molecule has 10 heteroatoms. The summed E-state index contributed by atoms with van der Waals surface area (Å²) in [6, 6.07) is 5.45. The lowest BCUT2D eigenvalue weighted by Gasteiger charge is -2.14. The van der Waals surface area contributed by atoms with Crippen LogP contribution in [-0.2, 0) is 16.1 Å². The smallest absolute Gasteiger partial charge is 0.266 e. The number of thiocarbonyl (C=S) groups is 1. The van der Waals surface area contributed by atoms with Crippen molar-refractivity contribution in [1.29, 1.82) is 0 Å². The third-order valence-electron chi connectivity index (χ3n) is 4.34. The highest BCUT2D eigenvalue weighted by atomic mass is 32.2. The molecule has 1 aromatic heterocycles. The second kappa shape index (κ2) is 8.66. The zero-order valence-electron chi connectivity index (χ0n) is 15.4. The Morgan fingerprint density at radius 3 is 3.03 bits per heavy atom. The van der Waals surface area contributed by atoms with E-state index in [0.29, 0.717) is 27.3 Å². The number of imidazole rings is 1. The molecule has 0 atom stereocenters. The Bertz CT molecular complexity index is 975. The maximum atomic E-state index is 12.7. The summed E-state index contributed by atoms with van der Waals surface area (Å²) in [6.07, 6.45) is 7.82. The van der Waals surface area contributed by atoms with Crippen LogP contribution in [0, 0.1) is 0 Å². The molecule has 1 N–H and O–H groups in total. The number of nitrogens with one attached hydrogen (secondary N) is 1. The van der Waals surface area contributed by atoms with Gasteiger partial charge in [-0.2, -0.15) is 0 Å². The van der Waals surface area contributed by atoms with Crippen LogP contribution in [0.5, 0.6) is 11.5 Å². The Labute approximate surface area is 176 Å². The number of carbonyl (C=O) groups is 2. The van der Waals surface area contributed by atoms with E-state index in [9.17, 15) is 9.59 Å². The van der Waals surface area contributed by atoms with Gasteiger partial charge in [-0.1, -0.05) is 30.0 Å². The van der Waals surface area contributed by atoms with Crippen LogP contribution in [0.25, 0.3) is 6.08 Å². The van der Waals surface area contributed by atoms with Crippen LogP contribution >= 0.6 is 24.0 Å². The highest BCUT2D eigenvalue weighted by Crippen LogP contribution is 2.36. The number of fused-ring (bicyclic) bond motifs is 1. The number of nitrogens with zero attached hydrogens (tertiary/aromatic N) is 3. The van der Waals surface area contributed by atoms with Crippen molar-refractivity contribution >= 4 is 46.2 Å². The number of hydrogen-bond donors (Lipinski definition) is 1. The predicted molar refractivity (Wildman–Crippen MR) is 112 cm³/mol.